The molecule has 1 aromatic rings. The van der Waals surface area contributed by atoms with E-state index in [1.807, 2.05) is 0 Å². The van der Waals surface area contributed by atoms with Crippen molar-refractivity contribution in [3.63, 3.8) is 0 Å². The lowest BCUT2D eigenvalue weighted by Crippen LogP contribution is -2.55. The molecule has 0 amide bonds. The average molecular weight is 326 g/mol. The van der Waals surface area contributed by atoms with Gasteiger partial charge in [-0.25, -0.2) is 4.98 Å². The molecule has 1 aliphatic carbocycles. The minimum atomic E-state index is -4.33. The first-order chi connectivity index (χ1) is 10.9. The van der Waals surface area contributed by atoms with Crippen LogP contribution in [0.5, 0.6) is 0 Å². The van der Waals surface area contributed by atoms with Gasteiger partial charge in [0.15, 0.2) is 0 Å². The number of fused-ring (bicyclic) bond motifs is 3. The molecule has 3 aliphatic rings. The predicted molar refractivity (Wildman–Crippen MR) is 81.3 cm³/mol. The Hall–Kier alpha value is -1.34. The van der Waals surface area contributed by atoms with Crippen LogP contribution in [0.25, 0.3) is 0 Å². The maximum absolute atomic E-state index is 13.0. The number of piperazine rings is 1. The number of likely N-dealkylation sites (N-methyl/N-ethyl adjacent to an activating group) is 1. The van der Waals surface area contributed by atoms with Crippen LogP contribution in [0.2, 0.25) is 0 Å². The predicted octanol–water partition coefficient (Wildman–Crippen LogP) is 2.20. The van der Waals surface area contributed by atoms with E-state index in [2.05, 4.69) is 26.7 Å². The molecule has 0 aromatic carbocycles. The second kappa shape index (κ2) is 5.34. The number of anilines is 1. The van der Waals surface area contributed by atoms with Crippen LogP contribution >= 0.6 is 0 Å². The van der Waals surface area contributed by atoms with Gasteiger partial charge in [0.05, 0.1) is 11.6 Å². The highest BCUT2D eigenvalue weighted by Crippen LogP contribution is 2.37. The van der Waals surface area contributed by atoms with Crippen molar-refractivity contribution >= 4 is 5.82 Å². The van der Waals surface area contributed by atoms with Gasteiger partial charge in [-0.05, 0) is 26.0 Å². The van der Waals surface area contributed by atoms with Gasteiger partial charge in [0, 0.05) is 50.5 Å². The van der Waals surface area contributed by atoms with E-state index < -0.39 is 11.7 Å². The summed E-state index contributed by atoms with van der Waals surface area (Å²) >= 11 is 0. The molecule has 3 heterocycles. The van der Waals surface area contributed by atoms with Crippen LogP contribution in [-0.4, -0.2) is 60.1 Å². The second-order valence-corrected chi connectivity index (χ2v) is 6.97. The lowest BCUT2D eigenvalue weighted by Gasteiger charge is -2.41. The number of aromatic nitrogens is 1. The first-order valence-electron chi connectivity index (χ1n) is 8.17. The van der Waals surface area contributed by atoms with Crippen molar-refractivity contribution in [2.75, 3.05) is 38.1 Å². The molecule has 0 spiro atoms. The lowest BCUT2D eigenvalue weighted by atomic mass is 10.1. The van der Waals surface area contributed by atoms with E-state index in [0.29, 0.717) is 18.6 Å². The Labute approximate surface area is 133 Å². The molecule has 1 atom stereocenters. The summed E-state index contributed by atoms with van der Waals surface area (Å²) in [6, 6.07) is 2.14. The van der Waals surface area contributed by atoms with E-state index in [9.17, 15) is 13.2 Å². The van der Waals surface area contributed by atoms with Crippen molar-refractivity contribution in [2.24, 2.45) is 0 Å². The summed E-state index contributed by atoms with van der Waals surface area (Å²) < 4.78 is 39.1. The van der Waals surface area contributed by atoms with Gasteiger partial charge < -0.3 is 9.80 Å². The molecule has 0 bridgehead atoms. The van der Waals surface area contributed by atoms with Gasteiger partial charge in [-0.15, -0.1) is 0 Å². The molecule has 4 rings (SSSR count). The third-order valence-corrected chi connectivity index (χ3v) is 5.11. The van der Waals surface area contributed by atoms with Gasteiger partial charge in [0.1, 0.15) is 5.82 Å². The van der Waals surface area contributed by atoms with E-state index in [4.69, 9.17) is 0 Å². The zero-order valence-electron chi connectivity index (χ0n) is 13.2. The maximum atomic E-state index is 13.0. The minimum Gasteiger partial charge on any atom is -0.350 e. The highest BCUT2D eigenvalue weighted by molar-refractivity contribution is 5.51. The third-order valence-electron chi connectivity index (χ3n) is 5.11. The number of hydrogen-bond donors (Lipinski definition) is 0. The summed E-state index contributed by atoms with van der Waals surface area (Å²) in [5.41, 5.74) is 0.0818. The quantitative estimate of drug-likeness (QED) is 0.789. The van der Waals surface area contributed by atoms with Gasteiger partial charge >= 0.3 is 6.18 Å². The largest absolute Gasteiger partial charge is 0.417 e. The Morgan fingerprint density at radius 3 is 2.61 bits per heavy atom. The number of rotatable bonds is 1. The molecular weight excluding hydrogens is 305 g/mol. The second-order valence-electron chi connectivity index (χ2n) is 6.97. The number of nitrogens with zero attached hydrogens (tertiary/aromatic N) is 4. The summed E-state index contributed by atoms with van der Waals surface area (Å²) in [5, 5.41) is 0. The van der Waals surface area contributed by atoms with Crippen LogP contribution in [0.4, 0.5) is 19.0 Å². The Bertz CT molecular complexity index is 599. The molecule has 2 aliphatic heterocycles. The van der Waals surface area contributed by atoms with Crippen LogP contribution in [0.3, 0.4) is 0 Å². The zero-order chi connectivity index (χ0) is 16.2. The molecule has 126 valence electrons. The van der Waals surface area contributed by atoms with Crippen molar-refractivity contribution < 1.29 is 13.2 Å². The van der Waals surface area contributed by atoms with Crippen LogP contribution in [0, 0.1) is 0 Å². The minimum absolute atomic E-state index is 0.305. The van der Waals surface area contributed by atoms with E-state index in [1.165, 1.54) is 6.07 Å². The zero-order valence-corrected chi connectivity index (χ0v) is 13.2. The molecule has 4 nitrogen and oxygen atoms in total. The maximum Gasteiger partial charge on any atom is 0.417 e. The van der Waals surface area contributed by atoms with Gasteiger partial charge in [-0.2, -0.15) is 13.2 Å². The number of hydrogen-bond acceptors (Lipinski definition) is 4. The van der Waals surface area contributed by atoms with Crippen LogP contribution in [0.1, 0.15) is 24.0 Å². The molecule has 1 unspecified atom stereocenters. The highest BCUT2D eigenvalue weighted by atomic mass is 19.4. The van der Waals surface area contributed by atoms with Crippen LogP contribution in [0.15, 0.2) is 12.3 Å². The topological polar surface area (TPSA) is 22.6 Å². The van der Waals surface area contributed by atoms with E-state index in [-0.39, 0.29) is 0 Å². The fourth-order valence-electron chi connectivity index (χ4n) is 3.75. The number of alkyl halides is 3. The third kappa shape index (κ3) is 2.92. The van der Waals surface area contributed by atoms with E-state index in [1.54, 1.807) is 0 Å². The number of pyridine rings is 1. The summed E-state index contributed by atoms with van der Waals surface area (Å²) in [5.74, 6) is 0.749. The molecule has 0 radical (unpaired) electrons. The monoisotopic (exact) mass is 326 g/mol. The van der Waals surface area contributed by atoms with Gasteiger partial charge in [0.25, 0.3) is 0 Å². The summed E-state index contributed by atoms with van der Waals surface area (Å²) in [6.07, 6.45) is -1.03. The number of halogens is 3. The molecule has 1 saturated heterocycles. The lowest BCUT2D eigenvalue weighted by molar-refractivity contribution is -0.137. The summed E-state index contributed by atoms with van der Waals surface area (Å²) in [6.45, 7) is 4.17. The fraction of sp³-hybridized carbons (Fsp3) is 0.688. The van der Waals surface area contributed by atoms with Crippen molar-refractivity contribution in [1.29, 1.82) is 0 Å². The normalized spacial score (nSPS) is 26.6. The molecule has 7 heteroatoms. The van der Waals surface area contributed by atoms with E-state index in [0.717, 1.165) is 56.6 Å². The highest BCUT2D eigenvalue weighted by Gasteiger charge is 2.39. The van der Waals surface area contributed by atoms with Gasteiger partial charge in [-0.3, -0.25) is 4.90 Å². The van der Waals surface area contributed by atoms with Gasteiger partial charge in [-0.1, -0.05) is 0 Å². The van der Waals surface area contributed by atoms with Gasteiger partial charge in [0.2, 0.25) is 0 Å². The molecule has 1 aromatic heterocycles. The van der Waals surface area contributed by atoms with Crippen LogP contribution in [-0.2, 0) is 12.7 Å². The Balaban J connectivity index is 1.73. The molecule has 23 heavy (non-hydrogen) atoms. The first kappa shape index (κ1) is 15.2. The Kier molecular flexibility index (Phi) is 3.53. The molecule has 2 fully saturated rings. The van der Waals surface area contributed by atoms with Crippen molar-refractivity contribution in [1.82, 2.24) is 14.8 Å². The molecule has 1 saturated carbocycles. The summed E-state index contributed by atoms with van der Waals surface area (Å²) in [7, 11) is 2.10. The molecule has 0 N–H and O–H groups in total. The van der Waals surface area contributed by atoms with Crippen LogP contribution < -0.4 is 4.90 Å². The Morgan fingerprint density at radius 2 is 1.91 bits per heavy atom. The van der Waals surface area contributed by atoms with Crippen molar-refractivity contribution in [3.05, 3.63) is 23.4 Å². The first-order valence-corrected chi connectivity index (χ1v) is 8.17. The van der Waals surface area contributed by atoms with Crippen molar-refractivity contribution in [2.45, 2.75) is 37.6 Å². The SMILES string of the molecule is CN1CCN2c3ncc(C(F)(F)F)cc3CN(C3CC3)CC2C1. The smallest absolute Gasteiger partial charge is 0.350 e. The van der Waals surface area contributed by atoms with Crippen molar-refractivity contribution in [3.8, 4) is 0 Å². The van der Waals surface area contributed by atoms with E-state index >= 15 is 0 Å². The fourth-order valence-corrected chi connectivity index (χ4v) is 3.75. The summed E-state index contributed by atoms with van der Waals surface area (Å²) in [4.78, 5) is 11.1. The average Bonchev–Trinajstić information content (AvgIpc) is 3.31. The standard InChI is InChI=1S/C16H21F3N4/c1-21-4-5-23-14(9-21)10-22(13-2-3-13)8-11-6-12(16(17,18)19)7-20-15(11)23/h6-7,13-14H,2-5,8-10H2,1H3. The Morgan fingerprint density at radius 1 is 1.13 bits per heavy atom. The molecular formula is C16H21F3N4.